The van der Waals surface area contributed by atoms with Crippen molar-refractivity contribution in [2.45, 2.75) is 318 Å². The van der Waals surface area contributed by atoms with Crippen LogP contribution in [0.3, 0.4) is 0 Å². The zero-order valence-corrected chi connectivity index (χ0v) is 65.8. The van der Waals surface area contributed by atoms with Crippen LogP contribution in [0.1, 0.15) is 208 Å². The van der Waals surface area contributed by atoms with Crippen molar-refractivity contribution >= 4 is 64.8 Å². The largest absolute Gasteiger partial charge is 0.457 e. The van der Waals surface area contributed by atoms with Gasteiger partial charge >= 0.3 is 210 Å². The molecule has 2 fully saturated rings. The first kappa shape index (κ1) is 87.5. The SMILES string of the molecule is CC(=O)O[C@H]1/C=C/[C@H](C)[C@@H](/C(C)=C/I)OC(=O)C[C@@H](O)CC[C@@]1(C)O.CCC[CH2][Sn](/[CH]=C/[C@@H](C)[C@@H](O)[C@H]1O[C@@H]1[C@H](C)[C@H](CC)OC)([CH2]CCC)[CH2]CCC.CC[C@H](OC)[C@@H](C)[C@H]1O[C@@H]1[C@H](O)[C@H](C)/C=C/C=C(\C)[C@H]1OC(=O)C[C@@H](O)CC[C@@](C)(O)[C@@H](OC(C)=O)/C=C/[C@@H]1C. The first-order valence-corrected chi connectivity index (χ1v) is 44.1. The molecular weight excluding hydrogens is 1420 g/mol. The van der Waals surface area contributed by atoms with E-state index >= 15 is 0 Å². The second-order valence-corrected chi connectivity index (χ2v) is 41.6. The van der Waals surface area contributed by atoms with E-state index < -0.39 is 102 Å². The zero-order valence-electron chi connectivity index (χ0n) is 60.8. The van der Waals surface area contributed by atoms with Crippen molar-refractivity contribution in [2.75, 3.05) is 14.2 Å². The fourth-order valence-corrected chi connectivity index (χ4v) is 27.8. The number of allylic oxidation sites excluding steroid dienone is 2. The summed E-state index contributed by atoms with van der Waals surface area (Å²) in [7, 11) is 3.47. The number of methoxy groups -OCH3 is 2. The molecule has 0 aromatic carbocycles. The number of carbonyl (C=O) groups excluding carboxylic acids is 4. The topological polar surface area (TPSA) is 270 Å². The van der Waals surface area contributed by atoms with Crippen LogP contribution in [0.2, 0.25) is 13.3 Å². The van der Waals surface area contributed by atoms with Gasteiger partial charge < -0.3 is 54.0 Å². The third-order valence-corrected chi connectivity index (χ3v) is 34.5. The van der Waals surface area contributed by atoms with Gasteiger partial charge in [0, 0.05) is 44.6 Å². The summed E-state index contributed by atoms with van der Waals surface area (Å²) in [5, 5.41) is 63.8. The molecule has 4 rings (SSSR count). The molecule has 4 heterocycles. The molecule has 4 aliphatic rings. The molecule has 4 aliphatic heterocycles. The zero-order chi connectivity index (χ0) is 71.3. The van der Waals surface area contributed by atoms with E-state index in [-0.39, 0.29) is 105 Å². The van der Waals surface area contributed by atoms with E-state index in [0.717, 1.165) is 24.0 Å². The summed E-state index contributed by atoms with van der Waals surface area (Å²) in [4.78, 5) is 47.8. The van der Waals surface area contributed by atoms with E-state index in [4.69, 9.17) is 37.9 Å². The van der Waals surface area contributed by atoms with Crippen LogP contribution in [0.25, 0.3) is 0 Å². The molecule has 0 saturated carbocycles. The average molecular weight is 1550 g/mol. The Bertz CT molecular complexity index is 2390. The van der Waals surface area contributed by atoms with Crippen LogP contribution < -0.4 is 0 Å². The predicted octanol–water partition coefficient (Wildman–Crippen LogP) is 13.1. The van der Waals surface area contributed by atoms with Gasteiger partial charge in [-0.15, -0.1) is 0 Å². The van der Waals surface area contributed by atoms with Crippen molar-refractivity contribution in [1.29, 1.82) is 0 Å². The Balaban J connectivity index is 0.000000496. The van der Waals surface area contributed by atoms with Gasteiger partial charge in [-0.2, -0.15) is 0 Å². The number of aliphatic hydroxyl groups excluding tert-OH is 4. The fraction of sp³-hybridized carbons (Fsp3) is 0.784. The molecule has 0 unspecified atom stereocenters. The number of carbonyl (C=O) groups is 4. The summed E-state index contributed by atoms with van der Waals surface area (Å²) in [6.45, 7) is 32.6. The molecule has 542 valence electrons. The summed E-state index contributed by atoms with van der Waals surface area (Å²) in [5.41, 5.74) is -1.15. The molecule has 2 saturated heterocycles. The molecule has 0 amide bonds. The fourth-order valence-electron chi connectivity index (χ4n) is 12.8. The van der Waals surface area contributed by atoms with Gasteiger partial charge in [-0.1, -0.05) is 87.6 Å². The standard InChI is InChI=1S/C31H50O9.C18H27IO6.C13H23O3.3C4H9.Sn/c1-9-24(37-8)21(5)29-30(40-29)27(35)18(2)11-10-12-19(3)28-20(4)13-14-25(38-22(6)32)31(7,36)16-15-23(33)17-26(34)39-28;1-11-5-6-15(24-13(3)20)18(4,23)8-7-14(21)9-16(22)25-17(11)12(2)10-19;1-6-8(3)11(14)13-12(16-13)9(4)10(7-2)15-5;3*1-3-4-2;/h10-14,18,20-21,23-25,27-30,33,35-36H,9,15-17H2,1-8H3;5-6,10-11,14-15,17,21,23H,7-9H2,1-4H3;1,6,8-14H,7H2,2-5H3;3*1,3-4H2,2H3;/b11-10+,14-13+,19-12+;6-5+,12-10+;;;;;/t18-,20+,21-,23+,24+,25+,27-,28-,29-,30-,31-;11-,14-,15-,17-,18+;8-,9-,10+,11-,12-,13-;;;;/m101..../s1. The molecule has 0 aromatic rings. The third kappa shape index (κ3) is 30.1. The van der Waals surface area contributed by atoms with E-state index in [1.165, 1.54) is 65.7 Å². The summed E-state index contributed by atoms with van der Waals surface area (Å²) in [6, 6.07) is 0. The molecule has 0 radical (unpaired) electrons. The minimum Gasteiger partial charge on any atom is -0.457 e. The van der Waals surface area contributed by atoms with E-state index in [9.17, 15) is 49.8 Å². The molecular formula is C74H127IO18Sn. The van der Waals surface area contributed by atoms with Gasteiger partial charge in [0.2, 0.25) is 0 Å². The summed E-state index contributed by atoms with van der Waals surface area (Å²) < 4.78 is 53.7. The van der Waals surface area contributed by atoms with Crippen LogP contribution in [0.4, 0.5) is 0 Å². The number of halogens is 1. The Morgan fingerprint density at radius 2 is 1.00 bits per heavy atom. The van der Waals surface area contributed by atoms with E-state index in [0.29, 0.717) is 5.92 Å². The maximum Gasteiger partial charge on any atom is 0.309 e. The number of hydrogen-bond acceptors (Lipinski definition) is 18. The van der Waals surface area contributed by atoms with Gasteiger partial charge in [-0.05, 0) is 87.2 Å². The minimum atomic E-state index is -2.27. The van der Waals surface area contributed by atoms with Crippen LogP contribution in [0.15, 0.2) is 67.9 Å². The van der Waals surface area contributed by atoms with Crippen molar-refractivity contribution in [3.05, 3.63) is 67.9 Å². The second kappa shape index (κ2) is 43.9. The van der Waals surface area contributed by atoms with Crippen LogP contribution >= 0.6 is 22.6 Å². The molecule has 6 N–H and O–H groups in total. The molecule has 94 heavy (non-hydrogen) atoms. The molecule has 0 aliphatic carbocycles. The molecule has 0 spiro atoms. The average Bonchev–Trinajstić information content (AvgIpc) is 1.64. The number of esters is 4. The minimum absolute atomic E-state index is 0.0274. The van der Waals surface area contributed by atoms with Crippen molar-refractivity contribution in [3.63, 3.8) is 0 Å². The van der Waals surface area contributed by atoms with Crippen molar-refractivity contribution in [2.24, 2.45) is 35.5 Å². The molecule has 0 bridgehead atoms. The van der Waals surface area contributed by atoms with Gasteiger partial charge in [-0.25, -0.2) is 0 Å². The molecule has 20 heteroatoms. The van der Waals surface area contributed by atoms with Crippen LogP contribution in [-0.2, 0) is 57.1 Å². The smallest absolute Gasteiger partial charge is 0.309 e. The number of unbranched alkanes of at least 4 members (excludes halogenated alkanes) is 3. The summed E-state index contributed by atoms with van der Waals surface area (Å²) in [5.74, 6) is -2.06. The molecule has 0 aromatic heterocycles. The van der Waals surface area contributed by atoms with E-state index in [1.54, 1.807) is 52.4 Å². The van der Waals surface area contributed by atoms with E-state index in [2.05, 4.69) is 88.1 Å². The van der Waals surface area contributed by atoms with Crippen LogP contribution in [-0.4, -0.2) is 184 Å². The molecule has 22 atom stereocenters. The van der Waals surface area contributed by atoms with Crippen LogP contribution in [0.5, 0.6) is 0 Å². The summed E-state index contributed by atoms with van der Waals surface area (Å²) in [6.07, 6.45) is 19.1. The third-order valence-electron chi connectivity index (χ3n) is 19.4. The van der Waals surface area contributed by atoms with Gasteiger partial charge in [-0.3, -0.25) is 19.2 Å². The number of ether oxygens (including phenoxy) is 8. The maximum absolute atomic E-state index is 12.6. The number of rotatable bonds is 29. The first-order chi connectivity index (χ1) is 44.2. The van der Waals surface area contributed by atoms with Gasteiger partial charge in [0.1, 0.15) is 41.7 Å². The van der Waals surface area contributed by atoms with E-state index in [1.807, 2.05) is 56.9 Å². The Hall–Kier alpha value is -2.55. The van der Waals surface area contributed by atoms with Gasteiger partial charge in [0.05, 0.1) is 43.4 Å². The number of cyclic esters (lactones) is 2. The monoisotopic (exact) mass is 1550 g/mol. The van der Waals surface area contributed by atoms with Gasteiger partial charge in [0.15, 0.2) is 0 Å². The van der Waals surface area contributed by atoms with Gasteiger partial charge in [0.25, 0.3) is 0 Å². The Kier molecular flexibility index (Phi) is 40.8. The quantitative estimate of drug-likeness (QED) is 0.00773. The van der Waals surface area contributed by atoms with Crippen molar-refractivity contribution in [1.82, 2.24) is 0 Å². The second-order valence-electron chi connectivity index (χ2n) is 28.0. The van der Waals surface area contributed by atoms with Crippen LogP contribution in [0, 0.1) is 35.5 Å². The first-order valence-electron chi connectivity index (χ1n) is 35.1. The predicted molar refractivity (Wildman–Crippen MR) is 381 cm³/mol. The Morgan fingerprint density at radius 1 is 0.628 bits per heavy atom. The number of aliphatic hydroxyl groups is 6. The number of epoxide rings is 2. The maximum atomic E-state index is 12.6. The molecule has 18 nitrogen and oxygen atoms in total. The Labute approximate surface area is 583 Å². The summed E-state index contributed by atoms with van der Waals surface area (Å²) >= 11 is -0.195. The van der Waals surface area contributed by atoms with Crippen molar-refractivity contribution < 1.29 is 87.7 Å². The Morgan fingerprint density at radius 3 is 1.34 bits per heavy atom. The van der Waals surface area contributed by atoms with Crippen molar-refractivity contribution in [3.8, 4) is 0 Å². The normalized spacial score (nSPS) is 32.4. The number of hydrogen-bond donors (Lipinski definition) is 6.